The number of rotatable bonds is 27. The van der Waals surface area contributed by atoms with E-state index >= 15 is 0 Å². The van der Waals surface area contributed by atoms with Crippen molar-refractivity contribution < 1.29 is 44.7 Å². The van der Waals surface area contributed by atoms with Crippen molar-refractivity contribution in [3.05, 3.63) is 36.4 Å². The highest BCUT2D eigenvalue weighted by molar-refractivity contribution is 7.88. The Labute approximate surface area is 346 Å². The van der Waals surface area contributed by atoms with E-state index in [9.17, 15) is 21.6 Å². The molecule has 0 aliphatic rings. The third-order valence-electron chi connectivity index (χ3n) is 10.5. The Morgan fingerprint density at radius 2 is 0.724 bits per heavy atom. The first kappa shape index (κ1) is 47.3. The van der Waals surface area contributed by atoms with Crippen molar-refractivity contribution in [3.63, 3.8) is 0 Å². The zero-order valence-electron chi connectivity index (χ0n) is 36.0. The van der Waals surface area contributed by atoms with Gasteiger partial charge in [-0.3, -0.25) is 0 Å². The molecule has 324 valence electrons. The van der Waals surface area contributed by atoms with Crippen LogP contribution in [0, 0.1) is 0 Å². The van der Waals surface area contributed by atoms with Gasteiger partial charge in [-0.2, -0.15) is 21.6 Å². The summed E-state index contributed by atoms with van der Waals surface area (Å²) >= 11 is 0. The molecule has 4 aromatic rings. The molecule has 0 saturated heterocycles. The maximum absolute atomic E-state index is 13.8. The molecule has 0 radical (unpaired) electrons. The highest BCUT2D eigenvalue weighted by Crippen LogP contribution is 2.46. The van der Waals surface area contributed by atoms with Crippen LogP contribution in [0.15, 0.2) is 36.4 Å². The van der Waals surface area contributed by atoms with Crippen LogP contribution in [0.2, 0.25) is 19.6 Å². The van der Waals surface area contributed by atoms with E-state index in [1.807, 2.05) is 50.0 Å². The Morgan fingerprint density at radius 3 is 0.983 bits per heavy atom. The van der Waals surface area contributed by atoms with E-state index in [0.717, 1.165) is 124 Å². The van der Waals surface area contributed by atoms with Crippen molar-refractivity contribution >= 4 is 55.7 Å². The Bertz CT molecular complexity index is 2030. The van der Waals surface area contributed by atoms with Crippen molar-refractivity contribution in [1.82, 2.24) is 0 Å². The molecule has 0 saturated carbocycles. The van der Waals surface area contributed by atoms with Crippen LogP contribution in [0.4, 0.5) is 13.2 Å². The normalized spacial score (nSPS) is 12.4. The van der Waals surface area contributed by atoms with Gasteiger partial charge in [-0.1, -0.05) is 130 Å². The van der Waals surface area contributed by atoms with E-state index in [-0.39, 0.29) is 5.75 Å². The molecule has 4 rings (SSSR count). The molecule has 0 bridgehead atoms. The Morgan fingerprint density at radius 1 is 0.448 bits per heavy atom. The van der Waals surface area contributed by atoms with Gasteiger partial charge in [0, 0.05) is 0 Å². The fourth-order valence-electron chi connectivity index (χ4n) is 7.15. The molecule has 0 spiro atoms. The molecular weight excluding hydrogens is 782 g/mol. The number of alkyl halides is 3. The molecule has 4 aromatic carbocycles. The predicted molar refractivity (Wildman–Crippen MR) is 236 cm³/mol. The molecular formula is C46H67F3O7SSi. The van der Waals surface area contributed by atoms with E-state index in [4.69, 9.17) is 23.1 Å². The zero-order chi connectivity index (χ0) is 42.3. The average molecular weight is 849 g/mol. The van der Waals surface area contributed by atoms with Gasteiger partial charge in [-0.15, -0.1) is 0 Å². The first-order chi connectivity index (χ1) is 27.7. The number of halogens is 3. The number of hydrogen-bond donors (Lipinski definition) is 0. The maximum Gasteiger partial charge on any atom is 0.534 e. The largest absolute Gasteiger partial charge is 0.534 e. The number of hydrogen-bond acceptors (Lipinski definition) is 7. The first-order valence-electron chi connectivity index (χ1n) is 21.7. The van der Waals surface area contributed by atoms with Crippen molar-refractivity contribution in [3.8, 4) is 28.7 Å². The summed E-state index contributed by atoms with van der Waals surface area (Å²) in [5, 5.41) is 4.81. The minimum absolute atomic E-state index is 0.317. The van der Waals surface area contributed by atoms with Crippen LogP contribution in [-0.2, 0) is 10.1 Å². The lowest BCUT2D eigenvalue weighted by Crippen LogP contribution is -2.40. The van der Waals surface area contributed by atoms with Gasteiger partial charge in [0.1, 0.15) is 5.75 Å². The minimum Gasteiger partial charge on any atom is -0.490 e. The van der Waals surface area contributed by atoms with Crippen LogP contribution in [0.5, 0.6) is 28.7 Å². The summed E-state index contributed by atoms with van der Waals surface area (Å²) in [6.07, 6.45) is 16.5. The van der Waals surface area contributed by atoms with Gasteiger partial charge < -0.3 is 23.1 Å². The Kier molecular flexibility index (Phi) is 18.2. The molecule has 0 aliphatic heterocycles. The van der Waals surface area contributed by atoms with Gasteiger partial charge >= 0.3 is 15.6 Å². The van der Waals surface area contributed by atoms with E-state index in [0.29, 0.717) is 65.4 Å². The fourth-order valence-corrected chi connectivity index (χ4v) is 9.13. The first-order valence-corrected chi connectivity index (χ1v) is 26.6. The van der Waals surface area contributed by atoms with Crippen molar-refractivity contribution in [1.29, 1.82) is 0 Å². The molecule has 0 unspecified atom stereocenters. The fraction of sp³-hybridized carbons (Fsp3) is 0.609. The third-order valence-corrected chi connectivity index (χ3v) is 13.4. The summed E-state index contributed by atoms with van der Waals surface area (Å²) in [4.78, 5) is 0. The monoisotopic (exact) mass is 848 g/mol. The molecule has 0 aromatic heterocycles. The molecule has 0 aliphatic carbocycles. The summed E-state index contributed by atoms with van der Waals surface area (Å²) < 4.78 is 97.5. The predicted octanol–water partition coefficient (Wildman–Crippen LogP) is 13.8. The van der Waals surface area contributed by atoms with Crippen LogP contribution in [0.3, 0.4) is 0 Å². The number of unbranched alkanes of at least 4 members (excludes halogenated alkanes) is 12. The Balaban J connectivity index is 2.07. The maximum atomic E-state index is 13.8. The van der Waals surface area contributed by atoms with E-state index in [2.05, 4.69) is 27.7 Å². The highest BCUT2D eigenvalue weighted by atomic mass is 32.2. The van der Waals surface area contributed by atoms with E-state index in [1.54, 1.807) is 0 Å². The Hall–Kier alpha value is -3.38. The molecule has 0 heterocycles. The van der Waals surface area contributed by atoms with Crippen LogP contribution < -0.4 is 28.3 Å². The van der Waals surface area contributed by atoms with Crippen molar-refractivity contribution in [2.45, 2.75) is 156 Å². The average Bonchev–Trinajstić information content (AvgIpc) is 3.16. The van der Waals surface area contributed by atoms with Crippen LogP contribution in [0.1, 0.15) is 130 Å². The minimum atomic E-state index is -5.95. The van der Waals surface area contributed by atoms with E-state index < -0.39 is 23.7 Å². The molecule has 0 amide bonds. The van der Waals surface area contributed by atoms with Gasteiger partial charge in [-0.25, -0.2) is 0 Å². The second kappa shape index (κ2) is 22.3. The molecule has 0 N–H and O–H groups in total. The second-order valence-corrected chi connectivity index (χ2v) is 23.0. The topological polar surface area (TPSA) is 80.3 Å². The summed E-state index contributed by atoms with van der Waals surface area (Å²) in [6, 6.07) is 11.1. The van der Waals surface area contributed by atoms with Crippen LogP contribution in [-0.4, -0.2) is 48.4 Å². The lowest BCUT2D eigenvalue weighted by atomic mass is 9.93. The zero-order valence-corrected chi connectivity index (χ0v) is 37.8. The third kappa shape index (κ3) is 12.8. The smallest absolute Gasteiger partial charge is 0.490 e. The molecule has 12 heteroatoms. The number of benzene rings is 4. The summed E-state index contributed by atoms with van der Waals surface area (Å²) in [6.45, 7) is 16.5. The quantitative estimate of drug-likeness (QED) is 0.0194. The highest BCUT2D eigenvalue weighted by Gasteiger charge is 2.49. The lowest BCUT2D eigenvalue weighted by Gasteiger charge is -2.24. The summed E-state index contributed by atoms with van der Waals surface area (Å²) in [7, 11) is -8.48. The molecule has 58 heavy (non-hydrogen) atoms. The lowest BCUT2D eigenvalue weighted by molar-refractivity contribution is -0.0499. The second-order valence-electron chi connectivity index (χ2n) is 16.5. The summed E-state index contributed by atoms with van der Waals surface area (Å²) in [5.74, 6) is 2.00. The molecule has 0 atom stereocenters. The van der Waals surface area contributed by atoms with Crippen LogP contribution in [0.25, 0.3) is 32.3 Å². The van der Waals surface area contributed by atoms with Crippen molar-refractivity contribution in [2.24, 2.45) is 0 Å². The standard InChI is InChI=1S/C46H67F3O7SSi/c1-8-12-16-20-24-52-40-28-34-35-29-41(53-25-21-17-13-9-2)43(55-27-23-19-15-11-4)31-37(35)39-33-45(58(5,6)7)44(56-57(50,51)46(47,48)49)32-38(39)36(34)30-42(40)54-26-22-18-14-10-3/h28-33H,8-27H2,1-7H3. The van der Waals surface area contributed by atoms with Crippen molar-refractivity contribution in [2.75, 3.05) is 26.4 Å². The molecule has 0 fully saturated rings. The van der Waals surface area contributed by atoms with Gasteiger partial charge in [0.05, 0.1) is 34.5 Å². The SMILES string of the molecule is CCCCCCOc1cc2c3cc(OCCCCCC)c(OCCCCCC)cc3c3cc([Si](C)(C)C)c(OS(=O)(=O)C(F)(F)F)cc3c2cc1OCCCCCC. The summed E-state index contributed by atoms with van der Waals surface area (Å²) in [5.41, 5.74) is -5.59. The number of ether oxygens (including phenoxy) is 4. The van der Waals surface area contributed by atoms with Gasteiger partial charge in [0.2, 0.25) is 0 Å². The van der Waals surface area contributed by atoms with Gasteiger partial charge in [0.25, 0.3) is 0 Å². The van der Waals surface area contributed by atoms with Crippen LogP contribution >= 0.6 is 0 Å². The van der Waals surface area contributed by atoms with Gasteiger partial charge in [0.15, 0.2) is 23.0 Å². The number of fused-ring (bicyclic) bond motifs is 6. The van der Waals surface area contributed by atoms with Gasteiger partial charge in [-0.05, 0) is 93.5 Å². The molecule has 7 nitrogen and oxygen atoms in total. The van der Waals surface area contributed by atoms with E-state index in [1.165, 1.54) is 6.07 Å².